The molecule has 0 radical (unpaired) electrons. The van der Waals surface area contributed by atoms with E-state index in [4.69, 9.17) is 0 Å². The predicted octanol–water partition coefficient (Wildman–Crippen LogP) is 13.7. The van der Waals surface area contributed by atoms with Crippen LogP contribution in [0.2, 0.25) is 9.26 Å². The summed E-state index contributed by atoms with van der Waals surface area (Å²) in [6.07, 6.45) is 7.52. The minimum atomic E-state index is -3.81. The third-order valence-electron chi connectivity index (χ3n) is 11.8. The number of allylic oxidation sites excluding steroid dienone is 2. The first-order valence-electron chi connectivity index (χ1n) is 18.3. The molecule has 0 heterocycles. The molecule has 0 N–H and O–H groups in total. The molecule has 4 heteroatoms. The molecule has 0 spiro atoms. The molecule has 6 aromatic rings. The zero-order chi connectivity index (χ0) is 34.1. The van der Waals surface area contributed by atoms with E-state index in [1.807, 2.05) is 0 Å². The smallest absolute Gasteiger partial charge is 0.147 e. The molecule has 0 amide bonds. The summed E-state index contributed by atoms with van der Waals surface area (Å²) in [5.74, 6) is 0.484. The number of hydrogen-bond acceptors (Lipinski definition) is 0. The monoisotopic (exact) mass is 802 g/mol. The summed E-state index contributed by atoms with van der Waals surface area (Å²) < 4.78 is 6.58. The largest absolute Gasteiger partial charge is 0.147 e. The first kappa shape index (κ1) is 37.7. The molecule has 0 bridgehead atoms. The van der Waals surface area contributed by atoms with Crippen molar-refractivity contribution in [2.24, 2.45) is 5.92 Å². The number of rotatable bonds is 7. The quantitative estimate of drug-likeness (QED) is 0.141. The second kappa shape index (κ2) is 14.1. The topological polar surface area (TPSA) is 0 Å². The summed E-state index contributed by atoms with van der Waals surface area (Å²) >= 11 is -3.81. The predicted molar refractivity (Wildman–Crippen MR) is 229 cm³/mol. The van der Waals surface area contributed by atoms with Gasteiger partial charge in [0.15, 0.2) is 0 Å². The van der Waals surface area contributed by atoms with Crippen LogP contribution in [0, 0.1) is 5.92 Å². The first-order chi connectivity index (χ1) is 23.6. The minimum absolute atomic E-state index is 0. The van der Waals surface area contributed by atoms with Gasteiger partial charge in [-0.3, -0.25) is 0 Å². The second-order valence-electron chi connectivity index (χ2n) is 16.2. The average molecular weight is 805 g/mol. The molecule has 2 aliphatic carbocycles. The van der Waals surface area contributed by atoms with Crippen molar-refractivity contribution in [2.45, 2.75) is 57.1 Å². The summed E-state index contributed by atoms with van der Waals surface area (Å²) in [6, 6.07) is 43.5. The Balaban J connectivity index is 0.00000224. The van der Waals surface area contributed by atoms with Crippen LogP contribution in [0.5, 0.6) is 0 Å². The number of benzene rings is 6. The molecule has 260 valence electrons. The minimum Gasteiger partial charge on any atom is -0.147 e. The molecule has 0 nitrogen and oxygen atoms in total. The fraction of sp³-hybridized carbons (Fsp3) is 0.234. The molecular weight excluding hydrogens is 755 g/mol. The van der Waals surface area contributed by atoms with Crippen LogP contribution in [0.4, 0.5) is 0 Å². The van der Waals surface area contributed by atoms with Gasteiger partial charge in [-0.25, -0.2) is 0 Å². The molecule has 0 saturated carbocycles. The molecule has 2 atom stereocenters. The van der Waals surface area contributed by atoms with Crippen LogP contribution in [0.25, 0.3) is 56.0 Å². The van der Waals surface area contributed by atoms with E-state index in [1.165, 1.54) is 54.9 Å². The van der Waals surface area contributed by atoms with Gasteiger partial charge in [0.2, 0.25) is 0 Å². The van der Waals surface area contributed by atoms with Crippen molar-refractivity contribution in [3.63, 3.8) is 0 Å². The molecule has 2 aliphatic rings. The SMILES string of the molecule is CCCc1ccc(-c2cccc3ccccc23)c2c1[CH]([Zr]([CH3])([CH3])(=[SiH2])[CH]1C(C(C)C)=Cc3c(-c4cccc5ccccc45)cccc31)C(C)=C2.Cl.Cl. The molecule has 0 fully saturated rings. The first-order valence-corrected chi connectivity index (χ1v) is 32.0. The van der Waals surface area contributed by atoms with Crippen molar-refractivity contribution in [1.82, 2.24) is 0 Å². The van der Waals surface area contributed by atoms with Crippen molar-refractivity contribution in [1.29, 1.82) is 0 Å². The number of fused-ring (bicyclic) bond motifs is 4. The zero-order valence-corrected chi connectivity index (χ0v) is 36.3. The normalized spacial score (nSPS) is 16.7. The third kappa shape index (κ3) is 6.09. The van der Waals surface area contributed by atoms with Gasteiger partial charge >= 0.3 is 297 Å². The average Bonchev–Trinajstić information content (AvgIpc) is 3.68. The van der Waals surface area contributed by atoms with Crippen LogP contribution in [-0.2, 0) is 23.8 Å². The van der Waals surface area contributed by atoms with E-state index in [9.17, 15) is 0 Å². The van der Waals surface area contributed by atoms with Gasteiger partial charge in [-0.05, 0) is 0 Å². The molecular formula is C47H50Cl2SiZr. The second-order valence-corrected chi connectivity index (χ2v) is 46.7. The van der Waals surface area contributed by atoms with Crippen LogP contribution >= 0.6 is 24.8 Å². The van der Waals surface area contributed by atoms with Crippen LogP contribution in [-0.4, -0.2) is 6.88 Å². The number of halogens is 2. The maximum absolute atomic E-state index is 3.81. The number of hydrogen-bond donors (Lipinski definition) is 0. The van der Waals surface area contributed by atoms with E-state index in [-0.39, 0.29) is 24.8 Å². The van der Waals surface area contributed by atoms with Gasteiger partial charge in [0.1, 0.15) is 0 Å². The summed E-state index contributed by atoms with van der Waals surface area (Å²) in [6.45, 7) is 12.2. The molecule has 0 saturated heterocycles. The fourth-order valence-corrected chi connectivity index (χ4v) is 30.5. The van der Waals surface area contributed by atoms with E-state index in [0.29, 0.717) is 13.2 Å². The maximum atomic E-state index is 2.80. The third-order valence-corrected chi connectivity index (χ3v) is 29.4. The Bertz CT molecular complexity index is 2430. The standard InChI is InChI=1S/C23H21.C22H19.2CH3.2ClH.H2Si.Zr/c1-3-7-17-12-13-21(23-15-16(2)14-22(17)23)20-11-6-9-18-8-4-5-10-19(18)20;1-15(2)18-13-17-9-6-12-21(22(17)14-18)20-11-5-8-16-7-3-4-10-19(16)20;;;;;;/h4-6,8-15H,3,7H2,1-2H3;3-15H,1-2H3;2*1H3;2*1H;1H2;. The Morgan fingerprint density at radius 2 is 1.14 bits per heavy atom. The molecule has 0 aromatic heterocycles. The van der Waals surface area contributed by atoms with E-state index >= 15 is 0 Å². The molecule has 6 aromatic carbocycles. The Hall–Kier alpha value is -3.00. The van der Waals surface area contributed by atoms with Crippen LogP contribution < -0.4 is 0 Å². The molecule has 8 rings (SSSR count). The van der Waals surface area contributed by atoms with E-state index in [1.54, 1.807) is 27.8 Å². The summed E-state index contributed by atoms with van der Waals surface area (Å²) in [4.78, 5) is 0. The number of aryl methyl sites for hydroxylation is 1. The van der Waals surface area contributed by atoms with Gasteiger partial charge in [0.05, 0.1) is 0 Å². The fourth-order valence-electron chi connectivity index (χ4n) is 9.97. The van der Waals surface area contributed by atoms with Crippen LogP contribution in [0.1, 0.15) is 69.2 Å². The van der Waals surface area contributed by atoms with Crippen molar-refractivity contribution < 1.29 is 17.4 Å². The Morgan fingerprint density at radius 1 is 0.608 bits per heavy atom. The van der Waals surface area contributed by atoms with Crippen molar-refractivity contribution in [2.75, 3.05) is 0 Å². The van der Waals surface area contributed by atoms with E-state index < -0.39 is 17.4 Å². The van der Waals surface area contributed by atoms with Crippen molar-refractivity contribution in [3.05, 3.63) is 154 Å². The summed E-state index contributed by atoms with van der Waals surface area (Å²) in [5, 5.41) is 5.30. The van der Waals surface area contributed by atoms with Gasteiger partial charge in [0, 0.05) is 0 Å². The maximum Gasteiger partial charge on any atom is -0.147 e. The van der Waals surface area contributed by atoms with E-state index in [2.05, 4.69) is 171 Å². The van der Waals surface area contributed by atoms with E-state index in [0.717, 1.165) is 12.8 Å². The Kier molecular flexibility index (Phi) is 10.4. The van der Waals surface area contributed by atoms with Crippen LogP contribution in [0.3, 0.4) is 0 Å². The van der Waals surface area contributed by atoms with Gasteiger partial charge in [0.25, 0.3) is 0 Å². The summed E-state index contributed by atoms with van der Waals surface area (Å²) in [7, 11) is 0. The zero-order valence-electron chi connectivity index (χ0n) is 30.8. The Morgan fingerprint density at radius 3 is 1.73 bits per heavy atom. The summed E-state index contributed by atoms with van der Waals surface area (Å²) in [5.41, 5.74) is 16.4. The van der Waals surface area contributed by atoms with Crippen molar-refractivity contribution in [3.8, 4) is 22.3 Å². The molecule has 0 aliphatic heterocycles. The van der Waals surface area contributed by atoms with Gasteiger partial charge in [-0.15, -0.1) is 24.8 Å². The Labute approximate surface area is 319 Å². The van der Waals surface area contributed by atoms with Crippen molar-refractivity contribution >= 4 is 65.4 Å². The van der Waals surface area contributed by atoms with Gasteiger partial charge in [-0.2, -0.15) is 0 Å². The van der Waals surface area contributed by atoms with Crippen LogP contribution in [0.15, 0.2) is 126 Å². The molecule has 2 unspecified atom stereocenters. The molecule has 51 heavy (non-hydrogen) atoms. The van der Waals surface area contributed by atoms with Gasteiger partial charge < -0.3 is 0 Å². The van der Waals surface area contributed by atoms with Gasteiger partial charge in [-0.1, -0.05) is 0 Å².